The van der Waals surface area contributed by atoms with Crippen molar-refractivity contribution in [3.63, 3.8) is 0 Å². The molecule has 2 N–H and O–H groups in total. The highest BCUT2D eigenvalue weighted by atomic mass is 127. The fraction of sp³-hybridized carbons (Fsp3) is 0.381. The van der Waals surface area contributed by atoms with Gasteiger partial charge >= 0.3 is 0 Å². The van der Waals surface area contributed by atoms with Gasteiger partial charge in [-0.15, -0.1) is 24.0 Å². The van der Waals surface area contributed by atoms with Gasteiger partial charge in [-0.05, 0) is 43.5 Å². The average Bonchev–Trinajstić information content (AvgIpc) is 3.21. The SMILES string of the molecule is CN=C(NCc1ccccc1F)NC(C)c1cccc(N2CCCC2)c1.I. The van der Waals surface area contributed by atoms with E-state index >= 15 is 0 Å². The van der Waals surface area contributed by atoms with Crippen LogP contribution in [0.25, 0.3) is 0 Å². The maximum absolute atomic E-state index is 13.8. The monoisotopic (exact) mass is 482 g/mol. The maximum Gasteiger partial charge on any atom is 0.191 e. The number of aliphatic imine (C=N–C) groups is 1. The van der Waals surface area contributed by atoms with Crippen molar-refractivity contribution in [3.05, 3.63) is 65.5 Å². The summed E-state index contributed by atoms with van der Waals surface area (Å²) >= 11 is 0. The molecule has 1 aliphatic heterocycles. The van der Waals surface area contributed by atoms with Gasteiger partial charge < -0.3 is 15.5 Å². The van der Waals surface area contributed by atoms with Crippen LogP contribution in [0.1, 0.15) is 36.9 Å². The third-order valence-corrected chi connectivity index (χ3v) is 4.82. The summed E-state index contributed by atoms with van der Waals surface area (Å²) in [5.74, 6) is 0.453. The van der Waals surface area contributed by atoms with Gasteiger partial charge in [0.25, 0.3) is 0 Å². The molecule has 1 atom stereocenters. The van der Waals surface area contributed by atoms with Gasteiger partial charge in [0.1, 0.15) is 5.82 Å². The van der Waals surface area contributed by atoms with Crippen LogP contribution in [-0.4, -0.2) is 26.1 Å². The number of guanidine groups is 1. The second-order valence-electron chi connectivity index (χ2n) is 6.67. The summed E-state index contributed by atoms with van der Waals surface area (Å²) in [5, 5.41) is 6.57. The first-order chi connectivity index (χ1) is 12.7. The quantitative estimate of drug-likeness (QED) is 0.376. The molecule has 146 valence electrons. The topological polar surface area (TPSA) is 39.7 Å². The highest BCUT2D eigenvalue weighted by Crippen LogP contribution is 2.23. The second-order valence-corrected chi connectivity index (χ2v) is 6.67. The Hall–Kier alpha value is -1.83. The Labute approximate surface area is 178 Å². The molecule has 3 rings (SSSR count). The van der Waals surface area contributed by atoms with Crippen molar-refractivity contribution in [1.82, 2.24) is 10.6 Å². The van der Waals surface area contributed by atoms with Gasteiger partial charge in [0.2, 0.25) is 0 Å². The van der Waals surface area contributed by atoms with E-state index in [2.05, 4.69) is 51.7 Å². The number of rotatable bonds is 5. The number of nitrogens with one attached hydrogen (secondary N) is 2. The Morgan fingerprint density at radius 1 is 1.15 bits per heavy atom. The highest BCUT2D eigenvalue weighted by Gasteiger charge is 2.14. The van der Waals surface area contributed by atoms with E-state index in [1.807, 2.05) is 6.07 Å². The Kier molecular flexibility index (Phi) is 8.34. The lowest BCUT2D eigenvalue weighted by molar-refractivity contribution is 0.602. The van der Waals surface area contributed by atoms with Gasteiger partial charge in [-0.2, -0.15) is 0 Å². The minimum absolute atomic E-state index is 0. The van der Waals surface area contributed by atoms with Crippen molar-refractivity contribution in [3.8, 4) is 0 Å². The van der Waals surface area contributed by atoms with Crippen LogP contribution >= 0.6 is 24.0 Å². The van der Waals surface area contributed by atoms with Crippen molar-refractivity contribution in [1.29, 1.82) is 0 Å². The van der Waals surface area contributed by atoms with E-state index in [0.29, 0.717) is 18.1 Å². The zero-order chi connectivity index (χ0) is 18.4. The molecule has 1 fully saturated rings. The van der Waals surface area contributed by atoms with E-state index in [-0.39, 0.29) is 35.8 Å². The zero-order valence-electron chi connectivity index (χ0n) is 15.9. The molecule has 0 spiro atoms. The molecule has 0 saturated carbocycles. The van der Waals surface area contributed by atoms with Crippen LogP contribution in [0.4, 0.5) is 10.1 Å². The molecule has 1 heterocycles. The summed E-state index contributed by atoms with van der Waals surface area (Å²) < 4.78 is 13.8. The molecule has 2 aromatic rings. The molecule has 2 aromatic carbocycles. The Morgan fingerprint density at radius 2 is 1.89 bits per heavy atom. The van der Waals surface area contributed by atoms with E-state index in [1.54, 1.807) is 19.2 Å². The first-order valence-electron chi connectivity index (χ1n) is 9.23. The number of nitrogens with zero attached hydrogens (tertiary/aromatic N) is 2. The van der Waals surface area contributed by atoms with E-state index in [4.69, 9.17) is 0 Å². The molecule has 27 heavy (non-hydrogen) atoms. The summed E-state index contributed by atoms with van der Waals surface area (Å²) in [5.41, 5.74) is 3.12. The predicted octanol–water partition coefficient (Wildman–Crippen LogP) is 4.47. The molecule has 1 unspecified atom stereocenters. The lowest BCUT2D eigenvalue weighted by Gasteiger charge is -2.22. The fourth-order valence-corrected chi connectivity index (χ4v) is 3.27. The minimum atomic E-state index is -0.207. The van der Waals surface area contributed by atoms with Crippen molar-refractivity contribution < 1.29 is 4.39 Å². The van der Waals surface area contributed by atoms with Gasteiger partial charge in [0.15, 0.2) is 5.96 Å². The van der Waals surface area contributed by atoms with Crippen LogP contribution in [0.3, 0.4) is 0 Å². The first kappa shape index (κ1) is 21.5. The molecule has 0 aromatic heterocycles. The third kappa shape index (κ3) is 5.82. The lowest BCUT2D eigenvalue weighted by Crippen LogP contribution is -2.38. The van der Waals surface area contributed by atoms with Gasteiger partial charge in [-0.3, -0.25) is 4.99 Å². The summed E-state index contributed by atoms with van der Waals surface area (Å²) in [6, 6.07) is 15.5. The van der Waals surface area contributed by atoms with Gasteiger partial charge in [-0.1, -0.05) is 30.3 Å². The number of hydrogen-bond donors (Lipinski definition) is 2. The number of hydrogen-bond acceptors (Lipinski definition) is 2. The first-order valence-corrected chi connectivity index (χ1v) is 9.23. The van der Waals surface area contributed by atoms with Crippen LogP contribution in [0.5, 0.6) is 0 Å². The second kappa shape index (κ2) is 10.5. The van der Waals surface area contributed by atoms with E-state index < -0.39 is 0 Å². The maximum atomic E-state index is 13.8. The molecule has 0 amide bonds. The normalized spacial score (nSPS) is 15.2. The van der Waals surface area contributed by atoms with Crippen LogP contribution in [0.15, 0.2) is 53.5 Å². The average molecular weight is 482 g/mol. The number of halogens is 2. The van der Waals surface area contributed by atoms with Crippen molar-refractivity contribution in [2.75, 3.05) is 25.0 Å². The molecular formula is C21H28FIN4. The molecule has 0 radical (unpaired) electrons. The Bertz CT molecular complexity index is 759. The Balaban J connectivity index is 0.00000261. The van der Waals surface area contributed by atoms with Crippen LogP contribution in [0, 0.1) is 5.82 Å². The number of anilines is 1. The smallest absolute Gasteiger partial charge is 0.191 e. The van der Waals surface area contributed by atoms with Crippen molar-refractivity contribution in [2.45, 2.75) is 32.4 Å². The summed E-state index contributed by atoms with van der Waals surface area (Å²) in [6.07, 6.45) is 2.54. The molecular weight excluding hydrogens is 454 g/mol. The van der Waals surface area contributed by atoms with Crippen LogP contribution in [-0.2, 0) is 6.54 Å². The molecule has 1 aliphatic rings. The molecule has 1 saturated heterocycles. The summed E-state index contributed by atoms with van der Waals surface area (Å²) in [4.78, 5) is 6.69. The number of benzene rings is 2. The summed E-state index contributed by atoms with van der Waals surface area (Å²) in [7, 11) is 1.73. The minimum Gasteiger partial charge on any atom is -0.372 e. The van der Waals surface area contributed by atoms with Crippen LogP contribution in [0.2, 0.25) is 0 Å². The molecule has 6 heteroatoms. The van der Waals surface area contributed by atoms with Gasteiger partial charge in [-0.25, -0.2) is 4.39 Å². The predicted molar refractivity (Wildman–Crippen MR) is 121 cm³/mol. The standard InChI is InChI=1S/C21H27FN4.HI/c1-16(17-9-7-10-19(14-17)26-12-5-6-13-26)25-21(23-2)24-15-18-8-3-4-11-20(18)22;/h3-4,7-11,14,16H,5-6,12-13,15H2,1-2H3,(H2,23,24,25);1H. The van der Waals surface area contributed by atoms with E-state index in [0.717, 1.165) is 13.1 Å². The fourth-order valence-electron chi connectivity index (χ4n) is 3.27. The molecule has 0 aliphatic carbocycles. The summed E-state index contributed by atoms with van der Waals surface area (Å²) in [6.45, 7) is 4.78. The highest BCUT2D eigenvalue weighted by molar-refractivity contribution is 14.0. The third-order valence-electron chi connectivity index (χ3n) is 4.82. The van der Waals surface area contributed by atoms with Crippen molar-refractivity contribution >= 4 is 35.6 Å². The van der Waals surface area contributed by atoms with Crippen LogP contribution < -0.4 is 15.5 Å². The Morgan fingerprint density at radius 3 is 2.59 bits per heavy atom. The van der Waals surface area contributed by atoms with Crippen molar-refractivity contribution in [2.24, 2.45) is 4.99 Å². The van der Waals surface area contributed by atoms with E-state index in [9.17, 15) is 4.39 Å². The molecule has 4 nitrogen and oxygen atoms in total. The zero-order valence-corrected chi connectivity index (χ0v) is 18.2. The van der Waals surface area contributed by atoms with Gasteiger partial charge in [0.05, 0.1) is 6.04 Å². The van der Waals surface area contributed by atoms with E-state index in [1.165, 1.54) is 30.2 Å². The molecule has 0 bridgehead atoms. The van der Waals surface area contributed by atoms with Gasteiger partial charge in [0, 0.05) is 37.9 Å². The largest absolute Gasteiger partial charge is 0.372 e. The lowest BCUT2D eigenvalue weighted by atomic mass is 10.1.